The molecule has 3 N–H and O–H groups in total. The number of fused-ring (bicyclic) bond motifs is 1. The zero-order chi connectivity index (χ0) is 24.5. The van der Waals surface area contributed by atoms with Gasteiger partial charge in [-0.05, 0) is 66.2 Å². The Bertz CT molecular complexity index is 1450. The SMILES string of the molecule is Cc1cc(C#N)cc(C)c1Oc1nc(NC2CN(Cc3cccc(C(N)=O)c3)C2)nc2ccsc12. The number of carbonyl (C=O) groups excluding carboxylic acids is 1. The topological polar surface area (TPSA) is 117 Å². The number of primary amides is 1. The molecule has 4 aromatic rings. The van der Waals surface area contributed by atoms with Crippen molar-refractivity contribution in [2.75, 3.05) is 18.4 Å². The number of likely N-dealkylation sites (tertiary alicyclic amines) is 1. The molecule has 1 aliphatic rings. The maximum Gasteiger partial charge on any atom is 0.248 e. The molecule has 176 valence electrons. The van der Waals surface area contributed by atoms with Crippen LogP contribution in [0.5, 0.6) is 11.6 Å². The van der Waals surface area contributed by atoms with Gasteiger partial charge in [0.05, 0.1) is 23.2 Å². The van der Waals surface area contributed by atoms with Crippen LogP contribution in [0.2, 0.25) is 0 Å². The normalized spacial score (nSPS) is 13.9. The van der Waals surface area contributed by atoms with Crippen molar-refractivity contribution in [2.24, 2.45) is 5.73 Å². The van der Waals surface area contributed by atoms with E-state index >= 15 is 0 Å². The summed E-state index contributed by atoms with van der Waals surface area (Å²) in [5.74, 6) is 1.31. The van der Waals surface area contributed by atoms with Gasteiger partial charge in [0.1, 0.15) is 10.4 Å². The Kier molecular flexibility index (Phi) is 6.07. The Morgan fingerprint density at radius 1 is 1.23 bits per heavy atom. The van der Waals surface area contributed by atoms with Gasteiger partial charge in [-0.3, -0.25) is 9.69 Å². The van der Waals surface area contributed by atoms with E-state index in [-0.39, 0.29) is 6.04 Å². The molecule has 35 heavy (non-hydrogen) atoms. The van der Waals surface area contributed by atoms with Crippen molar-refractivity contribution in [3.05, 3.63) is 75.7 Å². The number of amides is 1. The standard InChI is InChI=1S/C26H24N6O2S/c1-15-8-18(11-27)9-16(2)22(15)34-25-23-21(6-7-35-23)30-26(31-25)29-20-13-32(14-20)12-17-4-3-5-19(10-17)24(28)33/h3-10,20H,12-14H2,1-2H3,(H2,28,33)(H,29,30,31). The van der Waals surface area contributed by atoms with Crippen LogP contribution in [0.1, 0.15) is 32.6 Å². The van der Waals surface area contributed by atoms with Crippen molar-refractivity contribution in [3.8, 4) is 17.7 Å². The van der Waals surface area contributed by atoms with Crippen molar-refractivity contribution in [1.82, 2.24) is 14.9 Å². The number of aryl methyl sites for hydroxylation is 2. The number of hydrogen-bond donors (Lipinski definition) is 2. The van der Waals surface area contributed by atoms with E-state index in [0.29, 0.717) is 28.7 Å². The van der Waals surface area contributed by atoms with Crippen molar-refractivity contribution in [3.63, 3.8) is 0 Å². The number of thiophene rings is 1. The first kappa shape index (κ1) is 22.8. The van der Waals surface area contributed by atoms with E-state index in [2.05, 4.69) is 26.3 Å². The van der Waals surface area contributed by atoms with Gasteiger partial charge in [0, 0.05) is 25.2 Å². The second-order valence-electron chi connectivity index (χ2n) is 8.74. The van der Waals surface area contributed by atoms with Crippen LogP contribution in [-0.2, 0) is 6.54 Å². The minimum absolute atomic E-state index is 0.205. The highest BCUT2D eigenvalue weighted by Gasteiger charge is 2.28. The van der Waals surface area contributed by atoms with E-state index in [1.807, 2.05) is 55.6 Å². The third kappa shape index (κ3) is 4.80. The van der Waals surface area contributed by atoms with Crippen molar-refractivity contribution in [1.29, 1.82) is 5.26 Å². The van der Waals surface area contributed by atoms with Gasteiger partial charge in [0.25, 0.3) is 0 Å². The molecule has 0 radical (unpaired) electrons. The molecule has 0 spiro atoms. The number of hydrogen-bond acceptors (Lipinski definition) is 8. The second kappa shape index (κ2) is 9.33. The number of nitriles is 1. The number of anilines is 1. The van der Waals surface area contributed by atoms with Crippen LogP contribution in [0.4, 0.5) is 5.95 Å². The van der Waals surface area contributed by atoms with Crippen LogP contribution < -0.4 is 15.8 Å². The smallest absolute Gasteiger partial charge is 0.248 e. The average Bonchev–Trinajstić information content (AvgIpc) is 3.29. The molecule has 2 aromatic heterocycles. The molecular formula is C26H24N6O2S. The molecule has 3 heterocycles. The van der Waals surface area contributed by atoms with Crippen LogP contribution in [0.15, 0.2) is 47.8 Å². The molecule has 1 aliphatic heterocycles. The first-order valence-electron chi connectivity index (χ1n) is 11.2. The molecule has 1 amide bonds. The number of nitrogens with two attached hydrogens (primary N) is 1. The zero-order valence-corrected chi connectivity index (χ0v) is 20.2. The monoisotopic (exact) mass is 484 g/mol. The largest absolute Gasteiger partial charge is 0.437 e. The molecule has 0 bridgehead atoms. The summed E-state index contributed by atoms with van der Waals surface area (Å²) in [6.07, 6.45) is 0. The van der Waals surface area contributed by atoms with Gasteiger partial charge in [-0.15, -0.1) is 11.3 Å². The number of ether oxygens (including phenoxy) is 1. The maximum absolute atomic E-state index is 11.4. The fourth-order valence-electron chi connectivity index (χ4n) is 4.30. The lowest BCUT2D eigenvalue weighted by Crippen LogP contribution is -2.54. The van der Waals surface area contributed by atoms with Crippen molar-refractivity contribution in [2.45, 2.75) is 26.4 Å². The Labute approximate surface area is 207 Å². The van der Waals surface area contributed by atoms with Crippen LogP contribution in [0.3, 0.4) is 0 Å². The highest BCUT2D eigenvalue weighted by Crippen LogP contribution is 2.35. The molecule has 1 fully saturated rings. The Morgan fingerprint density at radius 3 is 2.71 bits per heavy atom. The van der Waals surface area contributed by atoms with Gasteiger partial charge in [-0.25, -0.2) is 4.98 Å². The van der Waals surface area contributed by atoms with Crippen molar-refractivity contribution >= 4 is 33.4 Å². The number of carbonyl (C=O) groups is 1. The molecule has 8 nitrogen and oxygen atoms in total. The molecule has 1 saturated heterocycles. The van der Waals surface area contributed by atoms with Crippen LogP contribution in [0.25, 0.3) is 10.2 Å². The first-order chi connectivity index (χ1) is 16.9. The van der Waals surface area contributed by atoms with Gasteiger partial charge in [-0.2, -0.15) is 10.2 Å². The molecule has 5 rings (SSSR count). The van der Waals surface area contributed by atoms with Gasteiger partial charge in [0.2, 0.25) is 17.7 Å². The van der Waals surface area contributed by atoms with Crippen LogP contribution >= 0.6 is 11.3 Å². The number of nitrogens with zero attached hydrogens (tertiary/aromatic N) is 4. The summed E-state index contributed by atoms with van der Waals surface area (Å²) in [4.78, 5) is 23.1. The summed E-state index contributed by atoms with van der Waals surface area (Å²) in [7, 11) is 0. The molecule has 0 atom stereocenters. The molecule has 0 unspecified atom stereocenters. The number of rotatable bonds is 7. The van der Waals surface area contributed by atoms with Crippen molar-refractivity contribution < 1.29 is 9.53 Å². The highest BCUT2D eigenvalue weighted by molar-refractivity contribution is 7.17. The third-order valence-electron chi connectivity index (χ3n) is 5.97. The molecule has 9 heteroatoms. The summed E-state index contributed by atoms with van der Waals surface area (Å²) in [6, 6.07) is 15.4. The van der Waals surface area contributed by atoms with E-state index in [0.717, 1.165) is 46.5 Å². The fourth-order valence-corrected chi connectivity index (χ4v) is 5.05. The molecule has 0 aliphatic carbocycles. The van der Waals surface area contributed by atoms with Gasteiger partial charge in [-0.1, -0.05) is 12.1 Å². The van der Waals surface area contributed by atoms with E-state index < -0.39 is 5.91 Å². The molecular weight excluding hydrogens is 460 g/mol. The first-order valence-corrected chi connectivity index (χ1v) is 12.1. The predicted molar refractivity (Wildman–Crippen MR) is 136 cm³/mol. The summed E-state index contributed by atoms with van der Waals surface area (Å²) in [6.45, 7) is 6.26. The lowest BCUT2D eigenvalue weighted by Gasteiger charge is -2.39. The number of nitrogens with one attached hydrogen (secondary N) is 1. The minimum atomic E-state index is -0.416. The quantitative estimate of drug-likeness (QED) is 0.400. The maximum atomic E-state index is 11.4. The van der Waals surface area contributed by atoms with E-state index in [1.54, 1.807) is 6.07 Å². The van der Waals surface area contributed by atoms with Gasteiger partial charge >= 0.3 is 0 Å². The van der Waals surface area contributed by atoms with E-state index in [9.17, 15) is 10.1 Å². The summed E-state index contributed by atoms with van der Waals surface area (Å²) in [5.41, 5.74) is 10.2. The van der Waals surface area contributed by atoms with E-state index in [1.165, 1.54) is 11.3 Å². The fraction of sp³-hybridized carbons (Fsp3) is 0.231. The van der Waals surface area contributed by atoms with Crippen LogP contribution in [-0.4, -0.2) is 39.9 Å². The summed E-state index contributed by atoms with van der Waals surface area (Å²) >= 11 is 1.53. The zero-order valence-electron chi connectivity index (χ0n) is 19.4. The average molecular weight is 485 g/mol. The number of benzene rings is 2. The van der Waals surface area contributed by atoms with Gasteiger partial charge in [0.15, 0.2) is 0 Å². The van der Waals surface area contributed by atoms with E-state index in [4.69, 9.17) is 10.5 Å². The molecule has 2 aromatic carbocycles. The highest BCUT2D eigenvalue weighted by atomic mass is 32.1. The summed E-state index contributed by atoms with van der Waals surface area (Å²) in [5, 5.41) is 14.6. The lowest BCUT2D eigenvalue weighted by atomic mass is 10.1. The second-order valence-corrected chi connectivity index (χ2v) is 9.66. The summed E-state index contributed by atoms with van der Waals surface area (Å²) < 4.78 is 7.16. The number of aromatic nitrogens is 2. The Morgan fingerprint density at radius 2 is 2.00 bits per heavy atom. The Balaban J connectivity index is 1.29. The van der Waals surface area contributed by atoms with Gasteiger partial charge < -0.3 is 15.8 Å². The Hall–Kier alpha value is -4.00. The third-order valence-corrected chi connectivity index (χ3v) is 6.86. The molecule has 0 saturated carbocycles. The minimum Gasteiger partial charge on any atom is -0.437 e. The lowest BCUT2D eigenvalue weighted by molar-refractivity contribution is 0.1000. The van der Waals surface area contributed by atoms with Crippen LogP contribution in [0, 0.1) is 25.2 Å². The predicted octanol–water partition coefficient (Wildman–Crippen LogP) is 4.37.